The fourth-order valence-electron chi connectivity index (χ4n) is 6.19. The van der Waals surface area contributed by atoms with Gasteiger partial charge in [0.1, 0.15) is 11.9 Å². The quantitative estimate of drug-likeness (QED) is 0.560. The fraction of sp³-hybridized carbons (Fsp3) is 0.519. The molecule has 0 spiro atoms. The Balaban J connectivity index is 1.49. The first-order valence-electron chi connectivity index (χ1n) is 12.2. The Morgan fingerprint density at radius 3 is 2.73 bits per heavy atom. The smallest absolute Gasteiger partial charge is 0.338 e. The van der Waals surface area contributed by atoms with E-state index in [4.69, 9.17) is 21.1 Å². The maximum absolute atomic E-state index is 13.3. The Bertz CT molecular complexity index is 995. The molecule has 176 valence electrons. The van der Waals surface area contributed by atoms with Crippen LogP contribution in [0.25, 0.3) is 0 Å². The number of piperidine rings is 3. The van der Waals surface area contributed by atoms with Crippen LogP contribution in [0.1, 0.15) is 54.4 Å². The predicted molar refractivity (Wildman–Crippen MR) is 131 cm³/mol. The molecule has 1 N–H and O–H groups in total. The molecule has 2 aromatic rings. The van der Waals surface area contributed by atoms with E-state index in [0.717, 1.165) is 49.8 Å². The molecule has 33 heavy (non-hydrogen) atoms. The number of ether oxygens (including phenoxy) is 2. The Kier molecular flexibility index (Phi) is 6.53. The summed E-state index contributed by atoms with van der Waals surface area (Å²) >= 11 is 6.04. The molecule has 4 aliphatic rings. The van der Waals surface area contributed by atoms with E-state index >= 15 is 0 Å². The summed E-state index contributed by atoms with van der Waals surface area (Å²) in [6.07, 6.45) is 4.28. The number of esters is 1. The zero-order chi connectivity index (χ0) is 22.9. The van der Waals surface area contributed by atoms with Crippen LogP contribution < -0.4 is 10.1 Å². The van der Waals surface area contributed by atoms with Crippen LogP contribution in [0.3, 0.4) is 0 Å². The van der Waals surface area contributed by atoms with Crippen molar-refractivity contribution in [2.75, 3.05) is 32.1 Å². The summed E-state index contributed by atoms with van der Waals surface area (Å²) in [7, 11) is 1.70. The topological polar surface area (TPSA) is 50.8 Å². The van der Waals surface area contributed by atoms with Gasteiger partial charge in [0.15, 0.2) is 0 Å². The van der Waals surface area contributed by atoms with Crippen molar-refractivity contribution in [3.8, 4) is 5.75 Å². The van der Waals surface area contributed by atoms with Gasteiger partial charge in [-0.3, -0.25) is 4.90 Å². The first kappa shape index (κ1) is 22.5. The molecule has 2 bridgehead atoms. The number of fused-ring (bicyclic) bond motifs is 4. The third-order valence-electron chi connectivity index (χ3n) is 7.99. The number of benzene rings is 2. The van der Waals surface area contributed by atoms with Gasteiger partial charge in [0.05, 0.1) is 12.7 Å². The van der Waals surface area contributed by atoms with E-state index in [1.165, 1.54) is 18.4 Å². The fourth-order valence-corrected chi connectivity index (χ4v) is 6.31. The molecule has 0 saturated carbocycles. The van der Waals surface area contributed by atoms with E-state index in [-0.39, 0.29) is 24.0 Å². The van der Waals surface area contributed by atoms with Gasteiger partial charge >= 0.3 is 5.97 Å². The lowest BCUT2D eigenvalue weighted by Crippen LogP contribution is -2.59. The number of hydrogen-bond acceptors (Lipinski definition) is 5. The van der Waals surface area contributed by atoms with Crippen molar-refractivity contribution in [1.29, 1.82) is 0 Å². The molecule has 0 amide bonds. The van der Waals surface area contributed by atoms with Gasteiger partial charge in [0.2, 0.25) is 0 Å². The lowest BCUT2D eigenvalue weighted by Gasteiger charge is -2.53. The Labute approximate surface area is 201 Å². The van der Waals surface area contributed by atoms with Crippen molar-refractivity contribution in [2.45, 2.75) is 50.7 Å². The maximum atomic E-state index is 13.3. The number of halogens is 1. The Morgan fingerprint density at radius 1 is 1.21 bits per heavy atom. The Morgan fingerprint density at radius 2 is 2.03 bits per heavy atom. The van der Waals surface area contributed by atoms with Crippen LogP contribution in [0.4, 0.5) is 5.69 Å². The monoisotopic (exact) mass is 468 g/mol. The molecule has 4 aliphatic heterocycles. The molecule has 6 rings (SSSR count). The third-order valence-corrected chi connectivity index (χ3v) is 8.24. The lowest BCUT2D eigenvalue weighted by molar-refractivity contribution is -0.0732. The van der Waals surface area contributed by atoms with Crippen molar-refractivity contribution in [1.82, 2.24) is 4.90 Å². The second-order valence-corrected chi connectivity index (χ2v) is 10.1. The number of rotatable bonds is 6. The molecular formula is C27H33ClN2O3. The molecule has 0 aromatic heterocycles. The zero-order valence-electron chi connectivity index (χ0n) is 19.4. The van der Waals surface area contributed by atoms with E-state index in [2.05, 4.69) is 29.3 Å². The van der Waals surface area contributed by atoms with E-state index in [0.29, 0.717) is 16.5 Å². The minimum absolute atomic E-state index is 0.122. The largest absolute Gasteiger partial charge is 0.497 e. The van der Waals surface area contributed by atoms with E-state index in [1.54, 1.807) is 31.4 Å². The molecule has 0 radical (unpaired) electrons. The number of nitrogens with one attached hydrogen (secondary N) is 1. The standard InChI is InChI=1S/C27H33ClN2O3/c1-3-17-16-30-13-11-19(17)14-25(30)26(33-27(31)18-4-6-20(28)7-5-18)22-10-12-29-24-9-8-21(32-2)15-23(22)24/h4-9,15,17,19,22,25-26,29H,3,10-14,16H2,1-2H3/t17-,19-,22+,25-,26+/m0/s1. The van der Waals surface area contributed by atoms with Gasteiger partial charge in [-0.15, -0.1) is 0 Å². The number of methoxy groups -OCH3 is 1. The van der Waals surface area contributed by atoms with Crippen LogP contribution >= 0.6 is 11.6 Å². The molecule has 4 heterocycles. The number of anilines is 1. The average molecular weight is 469 g/mol. The average Bonchev–Trinajstić information content (AvgIpc) is 2.87. The second-order valence-electron chi connectivity index (χ2n) is 9.67. The van der Waals surface area contributed by atoms with Crippen LogP contribution in [0.2, 0.25) is 5.02 Å². The summed E-state index contributed by atoms with van der Waals surface area (Å²) in [5.74, 6) is 2.16. The van der Waals surface area contributed by atoms with Crippen molar-refractivity contribution in [2.24, 2.45) is 11.8 Å². The SMILES string of the molecule is CC[C@H]1CN2CC[C@H]1C[C@H]2[C@H](OC(=O)c1ccc(Cl)cc1)[C@@H]1CCNc2ccc(OC)cc21. The minimum atomic E-state index is -0.269. The highest BCUT2D eigenvalue weighted by Crippen LogP contribution is 2.45. The highest BCUT2D eigenvalue weighted by molar-refractivity contribution is 6.30. The molecule has 3 fully saturated rings. The maximum Gasteiger partial charge on any atom is 0.338 e. The minimum Gasteiger partial charge on any atom is -0.497 e. The first-order valence-corrected chi connectivity index (χ1v) is 12.6. The predicted octanol–water partition coefficient (Wildman–Crippen LogP) is 5.59. The molecule has 6 heteroatoms. The lowest BCUT2D eigenvalue weighted by atomic mass is 9.70. The van der Waals surface area contributed by atoms with Crippen molar-refractivity contribution >= 4 is 23.3 Å². The van der Waals surface area contributed by atoms with Crippen LogP contribution in [-0.4, -0.2) is 49.8 Å². The highest BCUT2D eigenvalue weighted by atomic mass is 35.5. The Hall–Kier alpha value is -2.24. The second kappa shape index (κ2) is 9.55. The van der Waals surface area contributed by atoms with E-state index in [1.807, 2.05) is 6.07 Å². The number of carbonyl (C=O) groups excluding carboxylic acids is 1. The van der Waals surface area contributed by atoms with Gasteiger partial charge < -0.3 is 14.8 Å². The molecule has 0 aliphatic carbocycles. The van der Waals surface area contributed by atoms with Gasteiger partial charge in [-0.1, -0.05) is 24.9 Å². The zero-order valence-corrected chi connectivity index (χ0v) is 20.2. The molecule has 5 nitrogen and oxygen atoms in total. The molecule has 6 atom stereocenters. The van der Waals surface area contributed by atoms with Gasteiger partial charge in [0, 0.05) is 35.8 Å². The molecular weight excluding hydrogens is 436 g/mol. The van der Waals surface area contributed by atoms with Gasteiger partial charge in [-0.2, -0.15) is 0 Å². The van der Waals surface area contributed by atoms with Crippen LogP contribution in [0.5, 0.6) is 5.75 Å². The van der Waals surface area contributed by atoms with Gasteiger partial charge in [-0.05, 0) is 85.7 Å². The van der Waals surface area contributed by atoms with Gasteiger partial charge in [0.25, 0.3) is 0 Å². The van der Waals surface area contributed by atoms with Gasteiger partial charge in [-0.25, -0.2) is 4.79 Å². The summed E-state index contributed by atoms with van der Waals surface area (Å²) in [6.45, 7) is 5.37. The summed E-state index contributed by atoms with van der Waals surface area (Å²) in [5.41, 5.74) is 2.85. The highest BCUT2D eigenvalue weighted by Gasteiger charge is 2.47. The summed E-state index contributed by atoms with van der Waals surface area (Å²) in [6, 6.07) is 13.4. The number of nitrogens with zero attached hydrogens (tertiary/aromatic N) is 1. The summed E-state index contributed by atoms with van der Waals surface area (Å²) in [5, 5.41) is 4.13. The summed E-state index contributed by atoms with van der Waals surface area (Å²) in [4.78, 5) is 15.9. The van der Waals surface area contributed by atoms with Crippen molar-refractivity contribution in [3.63, 3.8) is 0 Å². The van der Waals surface area contributed by atoms with Crippen LogP contribution in [0, 0.1) is 11.8 Å². The van der Waals surface area contributed by atoms with Crippen molar-refractivity contribution < 1.29 is 14.3 Å². The molecule has 2 aromatic carbocycles. The first-order chi connectivity index (χ1) is 16.1. The van der Waals surface area contributed by atoms with Crippen LogP contribution in [0.15, 0.2) is 42.5 Å². The number of carbonyl (C=O) groups is 1. The third kappa shape index (κ3) is 4.45. The number of hydrogen-bond donors (Lipinski definition) is 1. The molecule has 3 saturated heterocycles. The van der Waals surface area contributed by atoms with Crippen molar-refractivity contribution in [3.05, 3.63) is 58.6 Å². The summed E-state index contributed by atoms with van der Waals surface area (Å²) < 4.78 is 11.9. The normalized spacial score (nSPS) is 29.0. The molecule has 1 unspecified atom stereocenters. The van der Waals surface area contributed by atoms with E-state index < -0.39 is 0 Å². The van der Waals surface area contributed by atoms with E-state index in [9.17, 15) is 4.79 Å². The van der Waals surface area contributed by atoms with Crippen LogP contribution in [-0.2, 0) is 4.74 Å².